The molecule has 0 saturated carbocycles. The second kappa shape index (κ2) is 5.21. The number of allylic oxidation sites excluding steroid dienone is 3. The third-order valence-electron chi connectivity index (χ3n) is 3.35. The summed E-state index contributed by atoms with van der Waals surface area (Å²) in [6, 6.07) is 17.9. The van der Waals surface area contributed by atoms with Gasteiger partial charge in [-0.1, -0.05) is 60.7 Å². The molecule has 3 rings (SSSR count). The topological polar surface area (TPSA) is 54.4 Å². The van der Waals surface area contributed by atoms with E-state index >= 15 is 0 Å². The number of carbonyl (C=O) groups excluding carboxylic acids is 2. The molecule has 21 heavy (non-hydrogen) atoms. The molecule has 0 aromatic heterocycles. The van der Waals surface area contributed by atoms with Crippen molar-refractivity contribution in [3.63, 3.8) is 0 Å². The van der Waals surface area contributed by atoms with Crippen LogP contribution in [0.2, 0.25) is 0 Å². The lowest BCUT2D eigenvalue weighted by atomic mass is 9.85. The fraction of sp³-hybridized carbons (Fsp3) is 0. The van der Waals surface area contributed by atoms with Gasteiger partial charge in [-0.15, -0.1) is 0 Å². The smallest absolute Gasteiger partial charge is 0.228 e. The lowest BCUT2D eigenvalue weighted by Gasteiger charge is -2.17. The molecule has 2 aromatic rings. The summed E-state index contributed by atoms with van der Waals surface area (Å²) in [5.41, 5.74) is 1.85. The number of ketones is 2. The van der Waals surface area contributed by atoms with Gasteiger partial charge < -0.3 is 5.11 Å². The third-order valence-corrected chi connectivity index (χ3v) is 3.35. The fourth-order valence-corrected chi connectivity index (χ4v) is 2.40. The Bertz CT molecular complexity index is 769. The average molecular weight is 276 g/mol. The van der Waals surface area contributed by atoms with Crippen molar-refractivity contribution in [3.8, 4) is 0 Å². The van der Waals surface area contributed by atoms with Crippen LogP contribution in [0.15, 0.2) is 72.5 Å². The highest BCUT2D eigenvalue weighted by Gasteiger charge is 2.29. The van der Waals surface area contributed by atoms with Crippen molar-refractivity contribution >= 4 is 22.7 Å². The quantitative estimate of drug-likeness (QED) is 0.857. The van der Waals surface area contributed by atoms with Gasteiger partial charge in [-0.05, 0) is 11.1 Å². The molecule has 0 unspecified atom stereocenters. The summed E-state index contributed by atoms with van der Waals surface area (Å²) in [6.07, 6.45) is 0.983. The van der Waals surface area contributed by atoms with Gasteiger partial charge >= 0.3 is 0 Å². The van der Waals surface area contributed by atoms with Crippen molar-refractivity contribution in [2.75, 3.05) is 0 Å². The minimum Gasteiger partial charge on any atom is -0.504 e. The first-order valence-electron chi connectivity index (χ1n) is 6.53. The number of aliphatic hydroxyl groups is 1. The number of aliphatic hydroxyl groups excluding tert-OH is 1. The van der Waals surface area contributed by atoms with Gasteiger partial charge in [0.15, 0.2) is 11.5 Å². The van der Waals surface area contributed by atoms with Crippen LogP contribution in [0.5, 0.6) is 0 Å². The number of hydrogen-bond acceptors (Lipinski definition) is 3. The summed E-state index contributed by atoms with van der Waals surface area (Å²) < 4.78 is 0. The van der Waals surface area contributed by atoms with Crippen LogP contribution in [-0.4, -0.2) is 16.7 Å². The van der Waals surface area contributed by atoms with Gasteiger partial charge in [-0.25, -0.2) is 0 Å². The van der Waals surface area contributed by atoms with Crippen molar-refractivity contribution in [2.24, 2.45) is 0 Å². The monoisotopic (exact) mass is 276 g/mol. The number of rotatable bonds is 2. The van der Waals surface area contributed by atoms with E-state index in [4.69, 9.17) is 0 Å². The highest BCUT2D eigenvalue weighted by molar-refractivity contribution is 6.49. The number of benzene rings is 2. The maximum absolute atomic E-state index is 12.3. The molecule has 1 N–H and O–H groups in total. The average Bonchev–Trinajstić information content (AvgIpc) is 2.52. The van der Waals surface area contributed by atoms with Gasteiger partial charge in [-0.2, -0.15) is 0 Å². The number of carbonyl (C=O) groups is 2. The lowest BCUT2D eigenvalue weighted by Crippen LogP contribution is -2.17. The van der Waals surface area contributed by atoms with E-state index in [-0.39, 0.29) is 11.4 Å². The summed E-state index contributed by atoms with van der Waals surface area (Å²) >= 11 is 0. The Hall–Kier alpha value is -2.94. The third kappa shape index (κ3) is 2.30. The Labute approximate surface area is 121 Å². The van der Waals surface area contributed by atoms with Crippen LogP contribution in [0.1, 0.15) is 11.1 Å². The molecule has 3 nitrogen and oxygen atoms in total. The Morgan fingerprint density at radius 1 is 0.667 bits per heavy atom. The largest absolute Gasteiger partial charge is 0.504 e. The van der Waals surface area contributed by atoms with Gasteiger partial charge in [-0.3, -0.25) is 9.59 Å². The van der Waals surface area contributed by atoms with Gasteiger partial charge in [0.05, 0.1) is 0 Å². The highest BCUT2D eigenvalue weighted by Crippen LogP contribution is 2.33. The van der Waals surface area contributed by atoms with Crippen LogP contribution >= 0.6 is 0 Å². The van der Waals surface area contributed by atoms with E-state index in [1.54, 1.807) is 48.5 Å². The molecule has 0 amide bonds. The zero-order valence-electron chi connectivity index (χ0n) is 11.1. The molecule has 1 aliphatic carbocycles. The normalized spacial score (nSPS) is 15.1. The van der Waals surface area contributed by atoms with Gasteiger partial charge in [0, 0.05) is 17.2 Å². The van der Waals surface area contributed by atoms with E-state index in [1.165, 1.54) is 0 Å². The second-order valence-electron chi connectivity index (χ2n) is 4.71. The Kier molecular flexibility index (Phi) is 3.24. The zero-order valence-corrected chi connectivity index (χ0v) is 11.1. The van der Waals surface area contributed by atoms with Crippen molar-refractivity contribution in [3.05, 3.63) is 83.6 Å². The molecular formula is C18H12O3. The van der Waals surface area contributed by atoms with Gasteiger partial charge in [0.1, 0.15) is 0 Å². The van der Waals surface area contributed by atoms with E-state index in [0.717, 1.165) is 6.08 Å². The van der Waals surface area contributed by atoms with E-state index < -0.39 is 11.5 Å². The summed E-state index contributed by atoms with van der Waals surface area (Å²) in [5, 5.41) is 9.70. The lowest BCUT2D eigenvalue weighted by molar-refractivity contribution is -0.115. The summed E-state index contributed by atoms with van der Waals surface area (Å²) in [5.74, 6) is -1.41. The fourth-order valence-electron chi connectivity index (χ4n) is 2.40. The molecule has 0 heterocycles. The highest BCUT2D eigenvalue weighted by atomic mass is 16.3. The molecule has 0 atom stereocenters. The predicted molar refractivity (Wildman–Crippen MR) is 80.4 cm³/mol. The Morgan fingerprint density at radius 3 is 1.67 bits per heavy atom. The van der Waals surface area contributed by atoms with E-state index in [2.05, 4.69) is 0 Å². The molecule has 1 aliphatic rings. The molecule has 0 bridgehead atoms. The van der Waals surface area contributed by atoms with E-state index in [1.807, 2.05) is 12.1 Å². The number of hydrogen-bond donors (Lipinski definition) is 1. The van der Waals surface area contributed by atoms with E-state index in [0.29, 0.717) is 16.7 Å². The van der Waals surface area contributed by atoms with Crippen molar-refractivity contribution < 1.29 is 14.7 Å². The molecule has 0 radical (unpaired) electrons. The van der Waals surface area contributed by atoms with Crippen LogP contribution in [-0.2, 0) is 9.59 Å². The Balaban J connectivity index is 2.29. The molecule has 0 saturated heterocycles. The summed E-state index contributed by atoms with van der Waals surface area (Å²) in [6.45, 7) is 0. The van der Waals surface area contributed by atoms with Crippen LogP contribution in [0, 0.1) is 0 Å². The minimum absolute atomic E-state index is 0.242. The second-order valence-corrected chi connectivity index (χ2v) is 4.71. The molecule has 3 heteroatoms. The Morgan fingerprint density at radius 2 is 1.14 bits per heavy atom. The van der Waals surface area contributed by atoms with Crippen molar-refractivity contribution in [2.45, 2.75) is 0 Å². The predicted octanol–water partition coefficient (Wildman–Crippen LogP) is 3.19. The molecule has 2 aromatic carbocycles. The maximum Gasteiger partial charge on any atom is 0.228 e. The zero-order chi connectivity index (χ0) is 14.8. The molecule has 0 fully saturated rings. The van der Waals surface area contributed by atoms with Crippen molar-refractivity contribution in [1.29, 1.82) is 0 Å². The van der Waals surface area contributed by atoms with Crippen LogP contribution in [0.25, 0.3) is 11.1 Å². The molecular weight excluding hydrogens is 264 g/mol. The summed E-state index contributed by atoms with van der Waals surface area (Å²) in [4.78, 5) is 24.6. The first-order chi connectivity index (χ1) is 10.2. The minimum atomic E-state index is -0.528. The molecule has 0 spiro atoms. The maximum atomic E-state index is 12.3. The van der Waals surface area contributed by atoms with Crippen LogP contribution < -0.4 is 0 Å². The van der Waals surface area contributed by atoms with E-state index in [9.17, 15) is 14.7 Å². The van der Waals surface area contributed by atoms with Crippen molar-refractivity contribution in [1.82, 2.24) is 0 Å². The standard InChI is InChI=1S/C18H12O3/c19-14-11-15(20)18(21)17(13-9-5-2-6-10-13)16(14)12-7-3-1-4-8-12/h1-11,20H. The van der Waals surface area contributed by atoms with Gasteiger partial charge in [0.2, 0.25) is 5.78 Å². The van der Waals surface area contributed by atoms with Gasteiger partial charge in [0.25, 0.3) is 0 Å². The van der Waals surface area contributed by atoms with Crippen LogP contribution in [0.4, 0.5) is 0 Å². The first kappa shape index (κ1) is 13.1. The summed E-state index contributed by atoms with van der Waals surface area (Å²) in [7, 11) is 0. The van der Waals surface area contributed by atoms with Crippen LogP contribution in [0.3, 0.4) is 0 Å². The SMILES string of the molecule is O=C1C=C(O)C(=O)C(c2ccccc2)=C1c1ccccc1. The molecule has 102 valence electrons. The number of Topliss-reactive ketones (excluding diaryl/α,β-unsaturated/α-hetero) is 1. The molecule has 0 aliphatic heterocycles. The first-order valence-corrected chi connectivity index (χ1v) is 6.53.